The molecule has 0 spiro atoms. The van der Waals surface area contributed by atoms with Crippen LogP contribution in [0.15, 0.2) is 30.3 Å². The summed E-state index contributed by atoms with van der Waals surface area (Å²) in [6.07, 6.45) is 3.05. The number of ether oxygens (including phenoxy) is 1. The van der Waals surface area contributed by atoms with Gasteiger partial charge in [-0.05, 0) is 30.7 Å². The van der Waals surface area contributed by atoms with Crippen molar-refractivity contribution in [1.82, 2.24) is 10.9 Å². The second kappa shape index (κ2) is 10.8. The Morgan fingerprint density at radius 1 is 1.22 bits per heavy atom. The molecule has 27 heavy (non-hydrogen) atoms. The van der Waals surface area contributed by atoms with Crippen molar-refractivity contribution < 1.29 is 19.1 Å². The number of carbonyl (C=O) groups excluding carboxylic acids is 3. The zero-order valence-corrected chi connectivity index (χ0v) is 16.2. The van der Waals surface area contributed by atoms with Gasteiger partial charge in [0, 0.05) is 24.8 Å². The van der Waals surface area contributed by atoms with E-state index in [0.717, 1.165) is 18.4 Å². The average molecular weight is 374 g/mol. The smallest absolute Gasteiger partial charge is 0.306 e. The molecular formula is C21H30N2O4. The molecule has 148 valence electrons. The van der Waals surface area contributed by atoms with E-state index in [2.05, 4.69) is 10.9 Å². The second-order valence-electron chi connectivity index (χ2n) is 7.60. The third kappa shape index (κ3) is 7.51. The number of hydrazine groups is 1. The Balaban J connectivity index is 1.78. The summed E-state index contributed by atoms with van der Waals surface area (Å²) in [5.41, 5.74) is 6.45. The third-order valence-corrected chi connectivity index (χ3v) is 4.77. The Morgan fingerprint density at radius 3 is 2.59 bits per heavy atom. The van der Waals surface area contributed by atoms with Crippen LogP contribution in [0.2, 0.25) is 0 Å². The molecule has 1 unspecified atom stereocenters. The molecule has 0 heterocycles. The number of nitrogens with one attached hydrogen (secondary N) is 2. The minimum atomic E-state index is -0.458. The van der Waals surface area contributed by atoms with Crippen LogP contribution in [0.4, 0.5) is 0 Å². The SMILES string of the molecule is CC(C)C[C@H](CC(=O)OCc1ccccc1)C(=O)NNCC1CCCC1=O. The van der Waals surface area contributed by atoms with E-state index in [1.807, 2.05) is 44.2 Å². The topological polar surface area (TPSA) is 84.5 Å². The highest BCUT2D eigenvalue weighted by atomic mass is 16.5. The molecule has 0 aromatic heterocycles. The fraction of sp³-hybridized carbons (Fsp3) is 0.571. The van der Waals surface area contributed by atoms with Crippen molar-refractivity contribution in [2.24, 2.45) is 17.8 Å². The molecule has 6 heteroatoms. The van der Waals surface area contributed by atoms with Crippen LogP contribution in [0.5, 0.6) is 0 Å². The van der Waals surface area contributed by atoms with Crippen LogP contribution < -0.4 is 10.9 Å². The summed E-state index contributed by atoms with van der Waals surface area (Å²) < 4.78 is 5.31. The van der Waals surface area contributed by atoms with Gasteiger partial charge in [-0.2, -0.15) is 0 Å². The fourth-order valence-corrected chi connectivity index (χ4v) is 3.32. The summed E-state index contributed by atoms with van der Waals surface area (Å²) in [7, 11) is 0. The molecule has 2 N–H and O–H groups in total. The van der Waals surface area contributed by atoms with Crippen molar-refractivity contribution >= 4 is 17.7 Å². The lowest BCUT2D eigenvalue weighted by Crippen LogP contribution is -2.44. The molecule has 1 aliphatic carbocycles. The number of amides is 1. The van der Waals surface area contributed by atoms with Gasteiger partial charge in [-0.15, -0.1) is 0 Å². The highest BCUT2D eigenvalue weighted by Crippen LogP contribution is 2.20. The molecular weight excluding hydrogens is 344 g/mol. The lowest BCUT2D eigenvalue weighted by Gasteiger charge is -2.19. The van der Waals surface area contributed by atoms with Crippen LogP contribution in [0.25, 0.3) is 0 Å². The monoisotopic (exact) mass is 374 g/mol. The molecule has 1 aromatic rings. The summed E-state index contributed by atoms with van der Waals surface area (Å²) in [6.45, 7) is 4.68. The van der Waals surface area contributed by atoms with E-state index in [-0.39, 0.29) is 42.5 Å². The van der Waals surface area contributed by atoms with E-state index in [4.69, 9.17) is 4.74 Å². The maximum Gasteiger partial charge on any atom is 0.306 e. The van der Waals surface area contributed by atoms with Crippen LogP contribution >= 0.6 is 0 Å². The van der Waals surface area contributed by atoms with Crippen LogP contribution in [0.1, 0.15) is 51.5 Å². The molecule has 0 bridgehead atoms. The van der Waals surface area contributed by atoms with Gasteiger partial charge >= 0.3 is 5.97 Å². The normalized spacial score (nSPS) is 17.7. The van der Waals surface area contributed by atoms with Gasteiger partial charge in [0.1, 0.15) is 12.4 Å². The number of ketones is 1. The van der Waals surface area contributed by atoms with Crippen molar-refractivity contribution in [1.29, 1.82) is 0 Å². The quantitative estimate of drug-likeness (QED) is 0.486. The summed E-state index contributed by atoms with van der Waals surface area (Å²) >= 11 is 0. The molecule has 1 saturated carbocycles. The molecule has 1 aromatic carbocycles. The molecule has 2 atom stereocenters. The zero-order chi connectivity index (χ0) is 19.6. The predicted molar refractivity (Wildman–Crippen MR) is 102 cm³/mol. The zero-order valence-electron chi connectivity index (χ0n) is 16.2. The van der Waals surface area contributed by atoms with Gasteiger partial charge in [0.2, 0.25) is 5.91 Å². The Morgan fingerprint density at radius 2 is 1.96 bits per heavy atom. The summed E-state index contributed by atoms with van der Waals surface area (Å²) in [4.78, 5) is 36.3. The Bertz CT molecular complexity index is 630. The fourth-order valence-electron chi connectivity index (χ4n) is 3.32. The van der Waals surface area contributed by atoms with Gasteiger partial charge in [0.05, 0.1) is 6.42 Å². The van der Waals surface area contributed by atoms with E-state index in [9.17, 15) is 14.4 Å². The van der Waals surface area contributed by atoms with E-state index in [1.165, 1.54) is 0 Å². The van der Waals surface area contributed by atoms with Crippen molar-refractivity contribution in [3.05, 3.63) is 35.9 Å². The molecule has 0 aliphatic heterocycles. The Labute approximate surface area is 161 Å². The van der Waals surface area contributed by atoms with E-state index in [0.29, 0.717) is 19.4 Å². The summed E-state index contributed by atoms with van der Waals surface area (Å²) in [5, 5.41) is 0. The molecule has 6 nitrogen and oxygen atoms in total. The lowest BCUT2D eigenvalue weighted by atomic mass is 9.93. The van der Waals surface area contributed by atoms with Crippen molar-refractivity contribution in [2.75, 3.05) is 6.54 Å². The van der Waals surface area contributed by atoms with Crippen molar-refractivity contribution in [3.8, 4) is 0 Å². The number of rotatable bonds is 10. The predicted octanol–water partition coefficient (Wildman–Crippen LogP) is 2.77. The van der Waals surface area contributed by atoms with Crippen LogP contribution in [-0.4, -0.2) is 24.2 Å². The van der Waals surface area contributed by atoms with E-state index >= 15 is 0 Å². The highest BCUT2D eigenvalue weighted by Gasteiger charge is 2.26. The molecule has 2 rings (SSSR count). The van der Waals surface area contributed by atoms with Gasteiger partial charge < -0.3 is 4.74 Å². The van der Waals surface area contributed by atoms with Gasteiger partial charge in [-0.25, -0.2) is 5.43 Å². The van der Waals surface area contributed by atoms with Gasteiger partial charge in [-0.1, -0.05) is 44.2 Å². The maximum absolute atomic E-state index is 12.5. The first-order valence-electron chi connectivity index (χ1n) is 9.70. The standard InChI is InChI=1S/C21H30N2O4/c1-15(2)11-18(12-20(25)27-14-16-7-4-3-5-8-16)21(26)23-22-13-17-9-6-10-19(17)24/h3-5,7-8,15,17-18,22H,6,9-14H2,1-2H3,(H,23,26)/t17?,18-/m1/s1. The van der Waals surface area contributed by atoms with E-state index < -0.39 is 5.92 Å². The third-order valence-electron chi connectivity index (χ3n) is 4.77. The Hall–Kier alpha value is -2.21. The largest absolute Gasteiger partial charge is 0.461 e. The number of benzene rings is 1. The molecule has 1 amide bonds. The van der Waals surface area contributed by atoms with Crippen LogP contribution in [0, 0.1) is 17.8 Å². The van der Waals surface area contributed by atoms with Gasteiger partial charge in [0.15, 0.2) is 0 Å². The van der Waals surface area contributed by atoms with Crippen LogP contribution in [-0.2, 0) is 25.7 Å². The average Bonchev–Trinajstić information content (AvgIpc) is 3.05. The number of hydrogen-bond acceptors (Lipinski definition) is 5. The minimum Gasteiger partial charge on any atom is -0.461 e. The molecule has 0 radical (unpaired) electrons. The second-order valence-corrected chi connectivity index (χ2v) is 7.60. The first kappa shape index (κ1) is 21.1. The first-order valence-corrected chi connectivity index (χ1v) is 9.70. The number of esters is 1. The van der Waals surface area contributed by atoms with Gasteiger partial charge in [0.25, 0.3) is 0 Å². The Kier molecular flexibility index (Phi) is 8.45. The van der Waals surface area contributed by atoms with Gasteiger partial charge in [-0.3, -0.25) is 19.8 Å². The molecule has 1 aliphatic rings. The minimum absolute atomic E-state index is 0.0234. The van der Waals surface area contributed by atoms with Crippen LogP contribution in [0.3, 0.4) is 0 Å². The molecule has 0 saturated heterocycles. The highest BCUT2D eigenvalue weighted by molar-refractivity contribution is 5.84. The van der Waals surface area contributed by atoms with Crippen molar-refractivity contribution in [3.63, 3.8) is 0 Å². The van der Waals surface area contributed by atoms with E-state index in [1.54, 1.807) is 0 Å². The maximum atomic E-state index is 12.5. The molecule has 1 fully saturated rings. The number of Topliss-reactive ketones (excluding diaryl/α,β-unsaturated/α-hetero) is 1. The summed E-state index contributed by atoms with van der Waals surface area (Å²) in [5.74, 6) is -0.569. The first-order chi connectivity index (χ1) is 13.0. The number of carbonyl (C=O) groups is 3. The number of hydrogen-bond donors (Lipinski definition) is 2. The van der Waals surface area contributed by atoms with Crippen molar-refractivity contribution in [2.45, 2.75) is 52.6 Å². The lowest BCUT2D eigenvalue weighted by molar-refractivity contribution is -0.148. The summed E-state index contributed by atoms with van der Waals surface area (Å²) in [6, 6.07) is 9.46.